The molecule has 0 aliphatic heterocycles. The van der Waals surface area contributed by atoms with Crippen molar-refractivity contribution in [3.05, 3.63) is 0 Å². The zero-order valence-corrected chi connectivity index (χ0v) is 5.11. The topological polar surface area (TPSA) is 69.9 Å². The van der Waals surface area contributed by atoms with Crippen molar-refractivity contribution < 1.29 is 15.0 Å². The zero-order valence-electron chi connectivity index (χ0n) is 5.11. The molecule has 0 fully saturated rings. The Balaban J connectivity index is 3.56. The molecule has 0 saturated carbocycles. The van der Waals surface area contributed by atoms with Crippen molar-refractivity contribution >= 4 is 12.2 Å². The van der Waals surface area contributed by atoms with Gasteiger partial charge in [-0.1, -0.05) is 6.92 Å². The van der Waals surface area contributed by atoms with E-state index in [9.17, 15) is 4.79 Å². The number of carboxylic acids is 1. The van der Waals surface area contributed by atoms with Gasteiger partial charge in [-0.15, -0.1) is 0 Å². The lowest BCUT2D eigenvalue weighted by Gasteiger charge is -1.95. The third-order valence-corrected chi connectivity index (χ3v) is 0.722. The van der Waals surface area contributed by atoms with Crippen LogP contribution in [0.4, 0.5) is 0 Å². The number of carboxylic acid groups (broad SMARTS) is 1. The van der Waals surface area contributed by atoms with Gasteiger partial charge in [-0.25, -0.2) is 4.79 Å². The minimum Gasteiger partial charge on any atom is -0.477 e. The van der Waals surface area contributed by atoms with Crippen molar-refractivity contribution in [2.24, 2.45) is 4.99 Å². The average molecular weight is 131 g/mol. The molecule has 0 bridgehead atoms. The maximum atomic E-state index is 9.76. The van der Waals surface area contributed by atoms with Crippen LogP contribution in [-0.2, 0) is 4.79 Å². The highest BCUT2D eigenvalue weighted by molar-refractivity contribution is 6.22. The number of hydrogen-bond acceptors (Lipinski definition) is 3. The minimum absolute atomic E-state index is 0.434. The van der Waals surface area contributed by atoms with Gasteiger partial charge in [0.15, 0.2) is 0 Å². The summed E-state index contributed by atoms with van der Waals surface area (Å²) >= 11 is 0. The SMILES string of the molecule is CCC(O)N=CC(=O)O. The molecule has 0 saturated heterocycles. The second kappa shape index (κ2) is 4.03. The van der Waals surface area contributed by atoms with E-state index in [-0.39, 0.29) is 0 Å². The molecule has 0 heterocycles. The van der Waals surface area contributed by atoms with Crippen LogP contribution in [0.1, 0.15) is 13.3 Å². The molecule has 0 amide bonds. The van der Waals surface area contributed by atoms with E-state index in [2.05, 4.69) is 4.99 Å². The summed E-state index contributed by atoms with van der Waals surface area (Å²) in [4.78, 5) is 13.0. The number of hydrogen-bond donors (Lipinski definition) is 2. The van der Waals surface area contributed by atoms with Crippen molar-refractivity contribution in [2.75, 3.05) is 0 Å². The van der Waals surface area contributed by atoms with Crippen molar-refractivity contribution in [1.29, 1.82) is 0 Å². The van der Waals surface area contributed by atoms with Gasteiger partial charge in [-0.05, 0) is 6.42 Å². The van der Waals surface area contributed by atoms with E-state index in [4.69, 9.17) is 10.2 Å². The molecule has 52 valence electrons. The first kappa shape index (κ1) is 8.10. The Labute approximate surface area is 52.8 Å². The van der Waals surface area contributed by atoms with Gasteiger partial charge in [0.1, 0.15) is 12.4 Å². The fourth-order valence-electron chi connectivity index (χ4n) is 0.255. The van der Waals surface area contributed by atoms with Gasteiger partial charge < -0.3 is 10.2 Å². The lowest BCUT2D eigenvalue weighted by atomic mass is 10.4. The largest absolute Gasteiger partial charge is 0.477 e. The van der Waals surface area contributed by atoms with Crippen LogP contribution in [-0.4, -0.2) is 28.6 Å². The van der Waals surface area contributed by atoms with Gasteiger partial charge in [0.05, 0.1) is 0 Å². The second-order valence-electron chi connectivity index (χ2n) is 1.51. The van der Waals surface area contributed by atoms with Crippen LogP contribution in [0.15, 0.2) is 4.99 Å². The van der Waals surface area contributed by atoms with Crippen LogP contribution in [0.25, 0.3) is 0 Å². The van der Waals surface area contributed by atoms with Crippen LogP contribution in [0.2, 0.25) is 0 Å². The van der Waals surface area contributed by atoms with Crippen molar-refractivity contribution in [3.8, 4) is 0 Å². The van der Waals surface area contributed by atoms with Crippen molar-refractivity contribution in [2.45, 2.75) is 19.6 Å². The molecule has 0 aromatic carbocycles. The van der Waals surface area contributed by atoms with Gasteiger partial charge in [-0.2, -0.15) is 0 Å². The van der Waals surface area contributed by atoms with E-state index in [0.29, 0.717) is 12.6 Å². The Morgan fingerprint density at radius 1 is 1.89 bits per heavy atom. The van der Waals surface area contributed by atoms with E-state index in [1.165, 1.54) is 0 Å². The number of rotatable bonds is 3. The van der Waals surface area contributed by atoms with Gasteiger partial charge in [0.25, 0.3) is 0 Å². The number of aliphatic carboxylic acids is 1. The number of nitrogens with zero attached hydrogens (tertiary/aromatic N) is 1. The molecule has 0 aromatic heterocycles. The van der Waals surface area contributed by atoms with Crippen LogP contribution < -0.4 is 0 Å². The fourth-order valence-corrected chi connectivity index (χ4v) is 0.255. The van der Waals surface area contributed by atoms with E-state index in [1.807, 2.05) is 0 Å². The standard InChI is InChI=1S/C5H9NO3/c1-2-4(7)6-3-5(8)9/h3-4,7H,2H2,1H3,(H,8,9). The monoisotopic (exact) mass is 131 g/mol. The summed E-state index contributed by atoms with van der Waals surface area (Å²) in [7, 11) is 0. The number of aliphatic hydroxyl groups excluding tert-OH is 1. The quantitative estimate of drug-likeness (QED) is 0.524. The van der Waals surface area contributed by atoms with Gasteiger partial charge in [-0.3, -0.25) is 4.99 Å². The van der Waals surface area contributed by atoms with Gasteiger partial charge in [0.2, 0.25) is 0 Å². The zero-order chi connectivity index (χ0) is 7.28. The first-order valence-electron chi connectivity index (χ1n) is 2.61. The number of carbonyl (C=O) groups is 1. The Kier molecular flexibility index (Phi) is 3.62. The van der Waals surface area contributed by atoms with E-state index in [0.717, 1.165) is 0 Å². The third kappa shape index (κ3) is 4.96. The second-order valence-corrected chi connectivity index (χ2v) is 1.51. The number of aliphatic hydroxyl groups is 1. The summed E-state index contributed by atoms with van der Waals surface area (Å²) in [6.07, 6.45) is 0.249. The lowest BCUT2D eigenvalue weighted by Crippen LogP contribution is -2.04. The molecule has 0 aliphatic rings. The molecule has 0 radical (unpaired) electrons. The van der Waals surface area contributed by atoms with Crippen LogP contribution in [0.5, 0.6) is 0 Å². The van der Waals surface area contributed by atoms with E-state index >= 15 is 0 Å². The van der Waals surface area contributed by atoms with Crippen molar-refractivity contribution in [3.63, 3.8) is 0 Å². The first-order chi connectivity index (χ1) is 4.16. The lowest BCUT2D eigenvalue weighted by molar-refractivity contribution is -0.128. The molecule has 0 spiro atoms. The highest BCUT2D eigenvalue weighted by Gasteiger charge is 1.94. The molecule has 1 atom stereocenters. The minimum atomic E-state index is -1.14. The maximum Gasteiger partial charge on any atom is 0.346 e. The predicted molar refractivity (Wildman–Crippen MR) is 32.4 cm³/mol. The summed E-state index contributed by atoms with van der Waals surface area (Å²) in [5.74, 6) is -1.14. The molecular weight excluding hydrogens is 122 g/mol. The highest BCUT2D eigenvalue weighted by atomic mass is 16.4. The summed E-state index contributed by atoms with van der Waals surface area (Å²) in [5, 5.41) is 16.6. The fraction of sp³-hybridized carbons (Fsp3) is 0.600. The maximum absolute atomic E-state index is 9.76. The molecular formula is C5H9NO3. The summed E-state index contributed by atoms with van der Waals surface area (Å²) in [5.41, 5.74) is 0. The third-order valence-electron chi connectivity index (χ3n) is 0.722. The van der Waals surface area contributed by atoms with E-state index < -0.39 is 12.2 Å². The Morgan fingerprint density at radius 3 is 2.78 bits per heavy atom. The molecule has 0 rings (SSSR count). The van der Waals surface area contributed by atoms with Gasteiger partial charge in [0, 0.05) is 0 Å². The van der Waals surface area contributed by atoms with Crippen LogP contribution >= 0.6 is 0 Å². The molecule has 1 unspecified atom stereocenters. The first-order valence-corrected chi connectivity index (χ1v) is 2.61. The normalized spacial score (nSPS) is 14.0. The molecule has 4 heteroatoms. The molecule has 4 nitrogen and oxygen atoms in total. The van der Waals surface area contributed by atoms with Gasteiger partial charge >= 0.3 is 5.97 Å². The highest BCUT2D eigenvalue weighted by Crippen LogP contribution is 1.88. The summed E-state index contributed by atoms with van der Waals surface area (Å²) < 4.78 is 0. The molecule has 0 aliphatic carbocycles. The van der Waals surface area contributed by atoms with Crippen LogP contribution in [0.3, 0.4) is 0 Å². The van der Waals surface area contributed by atoms with E-state index in [1.54, 1.807) is 6.92 Å². The molecule has 2 N–H and O–H groups in total. The predicted octanol–water partition coefficient (Wildman–Crippen LogP) is -0.130. The summed E-state index contributed by atoms with van der Waals surface area (Å²) in [6, 6.07) is 0. The Morgan fingerprint density at radius 2 is 2.44 bits per heavy atom. The molecule has 0 aromatic rings. The average Bonchev–Trinajstić information content (AvgIpc) is 1.83. The Hall–Kier alpha value is -0.900. The van der Waals surface area contributed by atoms with Crippen LogP contribution in [0, 0.1) is 0 Å². The summed E-state index contributed by atoms with van der Waals surface area (Å²) in [6.45, 7) is 1.71. The van der Waals surface area contributed by atoms with Crippen molar-refractivity contribution in [1.82, 2.24) is 0 Å². The number of aliphatic imine (C=N–C) groups is 1. The molecule has 9 heavy (non-hydrogen) atoms. The smallest absolute Gasteiger partial charge is 0.346 e. The Bertz CT molecular complexity index is 121.